The Labute approximate surface area is 158 Å². The number of hydrogen-bond donors (Lipinski definition) is 0. The summed E-state index contributed by atoms with van der Waals surface area (Å²) in [4.78, 5) is 0. The van der Waals surface area contributed by atoms with Crippen LogP contribution in [0.2, 0.25) is 0 Å². The molecule has 3 aliphatic rings. The van der Waals surface area contributed by atoms with Crippen LogP contribution in [0.5, 0.6) is 17.2 Å². The molecule has 2 aromatic rings. The summed E-state index contributed by atoms with van der Waals surface area (Å²) in [6.45, 7) is 1.73. The van der Waals surface area contributed by atoms with Crippen LogP contribution >= 0.6 is 42.3 Å². The van der Waals surface area contributed by atoms with Crippen molar-refractivity contribution in [1.82, 2.24) is 0 Å². The molecule has 3 aliphatic heterocycles. The monoisotopic (exact) mass is 420 g/mol. The molecule has 132 valence electrons. The van der Waals surface area contributed by atoms with Crippen molar-refractivity contribution in [2.75, 3.05) is 0 Å². The first-order valence-corrected chi connectivity index (χ1v) is 10.6. The molecule has 0 aliphatic carbocycles. The molecule has 0 saturated carbocycles. The van der Waals surface area contributed by atoms with E-state index in [0.717, 1.165) is 0 Å². The number of hydrogen-bond acceptors (Lipinski definition) is 5. The van der Waals surface area contributed by atoms with Crippen molar-refractivity contribution >= 4 is 42.3 Å². The van der Waals surface area contributed by atoms with Gasteiger partial charge < -0.3 is 0 Å². The summed E-state index contributed by atoms with van der Waals surface area (Å²) in [6.07, 6.45) is 0. The van der Waals surface area contributed by atoms with Gasteiger partial charge in [-0.05, 0) is 0 Å². The van der Waals surface area contributed by atoms with Crippen LogP contribution in [0.15, 0.2) is 48.5 Å². The van der Waals surface area contributed by atoms with Crippen LogP contribution in [0.3, 0.4) is 0 Å². The van der Waals surface area contributed by atoms with Crippen molar-refractivity contribution in [3.8, 4) is 17.2 Å². The van der Waals surface area contributed by atoms with Gasteiger partial charge in [0.15, 0.2) is 0 Å². The first-order valence-electron chi connectivity index (χ1n) is 7.51. The quantitative estimate of drug-likeness (QED) is 0.404. The van der Waals surface area contributed by atoms with Gasteiger partial charge in [-0.2, -0.15) is 0 Å². The van der Waals surface area contributed by atoms with E-state index in [2.05, 4.69) is 0 Å². The minimum absolute atomic E-state index is 0.451. The van der Waals surface area contributed by atoms with Crippen molar-refractivity contribution < 1.29 is 22.8 Å². The summed E-state index contributed by atoms with van der Waals surface area (Å²) in [5.41, 5.74) is 0.671. The number of rotatable bonds is 0. The van der Waals surface area contributed by atoms with E-state index in [1.165, 1.54) is 0 Å². The molecular formula is C16H12Cl3O5P. The molecule has 0 N–H and O–H groups in total. The van der Waals surface area contributed by atoms with Crippen LogP contribution in [-0.4, -0.2) is 9.64 Å². The van der Waals surface area contributed by atoms with Gasteiger partial charge in [0.05, 0.1) is 0 Å². The van der Waals surface area contributed by atoms with Gasteiger partial charge in [0.2, 0.25) is 0 Å². The summed E-state index contributed by atoms with van der Waals surface area (Å²) in [5.74, 6) is -1.02. The van der Waals surface area contributed by atoms with Gasteiger partial charge in [-0.1, -0.05) is 0 Å². The van der Waals surface area contributed by atoms with Crippen LogP contribution in [0, 0.1) is 0 Å². The van der Waals surface area contributed by atoms with Gasteiger partial charge in [0, 0.05) is 0 Å². The maximum atomic E-state index is 6.26. The molecule has 0 radical (unpaired) electrons. The second kappa shape index (κ2) is 4.66. The zero-order valence-corrected chi connectivity index (χ0v) is 16.0. The number of alkyl halides is 3. The molecule has 0 amide bonds. The van der Waals surface area contributed by atoms with E-state index in [9.17, 15) is 0 Å². The van der Waals surface area contributed by atoms with E-state index in [1.807, 2.05) is 18.2 Å². The molecule has 25 heavy (non-hydrogen) atoms. The van der Waals surface area contributed by atoms with Crippen LogP contribution < -0.4 is 13.6 Å². The average Bonchev–Trinajstić information content (AvgIpc) is 2.97. The number of benzene rings is 2. The van der Waals surface area contributed by atoms with Gasteiger partial charge in [0.25, 0.3) is 0 Å². The maximum absolute atomic E-state index is 6.26. The number of halogens is 3. The van der Waals surface area contributed by atoms with Gasteiger partial charge in [-0.3, -0.25) is 0 Å². The summed E-state index contributed by atoms with van der Waals surface area (Å²) in [7, 11) is -4.48. The summed E-state index contributed by atoms with van der Waals surface area (Å²) >= 11 is 18.7. The van der Waals surface area contributed by atoms with Crippen LogP contribution in [-0.2, 0) is 15.0 Å². The molecule has 5 rings (SSSR count). The molecular weight excluding hydrogens is 410 g/mol. The van der Waals surface area contributed by atoms with Gasteiger partial charge in [0.1, 0.15) is 0 Å². The Hall–Kier alpha value is -0.940. The molecule has 9 heteroatoms. The third kappa shape index (κ3) is 2.03. The Morgan fingerprint density at radius 2 is 1.40 bits per heavy atom. The Bertz CT molecular complexity index is 876. The van der Waals surface area contributed by atoms with Crippen molar-refractivity contribution in [2.24, 2.45) is 0 Å². The topological polar surface area (TPSA) is 46.2 Å². The number of ether oxygens (including phenoxy) is 1. The van der Waals surface area contributed by atoms with E-state index in [-0.39, 0.29) is 0 Å². The Balaban J connectivity index is 1.77. The van der Waals surface area contributed by atoms with Gasteiger partial charge >= 0.3 is 159 Å². The molecule has 5 nitrogen and oxygen atoms in total. The molecule has 2 bridgehead atoms. The molecule has 1 spiro atoms. The predicted octanol–water partition coefficient (Wildman–Crippen LogP) is 5.68. The van der Waals surface area contributed by atoms with E-state index >= 15 is 0 Å². The fraction of sp³-hybridized carbons (Fsp3) is 0.250. The number of fused-ring (bicyclic) bond motifs is 4. The molecule has 2 atom stereocenters. The van der Waals surface area contributed by atoms with Gasteiger partial charge in [-0.25, -0.2) is 0 Å². The summed E-state index contributed by atoms with van der Waals surface area (Å²) in [6, 6.07) is 14.4. The predicted molar refractivity (Wildman–Crippen MR) is 95.3 cm³/mol. The first kappa shape index (κ1) is 16.2. The average molecular weight is 422 g/mol. The second-order valence-electron chi connectivity index (χ2n) is 6.13. The Morgan fingerprint density at radius 3 is 2.00 bits per heavy atom. The van der Waals surface area contributed by atoms with Crippen LogP contribution in [0.1, 0.15) is 12.5 Å². The zero-order valence-electron chi connectivity index (χ0n) is 12.8. The molecule has 3 heterocycles. The molecule has 2 unspecified atom stereocenters. The van der Waals surface area contributed by atoms with E-state index in [1.54, 1.807) is 37.3 Å². The second-order valence-corrected chi connectivity index (χ2v) is 11.4. The van der Waals surface area contributed by atoms with Crippen LogP contribution in [0.4, 0.5) is 0 Å². The Morgan fingerprint density at radius 1 is 0.880 bits per heavy atom. The molecule has 0 aromatic heterocycles. The van der Waals surface area contributed by atoms with Gasteiger partial charge in [-0.15, -0.1) is 0 Å². The third-order valence-corrected chi connectivity index (χ3v) is 8.92. The van der Waals surface area contributed by atoms with Crippen LogP contribution in [0.25, 0.3) is 0 Å². The summed E-state index contributed by atoms with van der Waals surface area (Å²) < 4.78 is 29.0. The minimum atomic E-state index is -4.48. The SMILES string of the molecule is CC12OC(C(Cl)(Cl)Cl)P3(Oc4ccccc4O3)(Oc3ccccc31)O2. The summed E-state index contributed by atoms with van der Waals surface area (Å²) in [5, 5.41) is 0. The van der Waals surface area contributed by atoms with Crippen molar-refractivity contribution in [2.45, 2.75) is 22.3 Å². The van der Waals surface area contributed by atoms with E-state index in [0.29, 0.717) is 22.8 Å². The van der Waals surface area contributed by atoms with Crippen molar-refractivity contribution in [3.63, 3.8) is 0 Å². The van der Waals surface area contributed by atoms with E-state index < -0.39 is 22.9 Å². The number of para-hydroxylation sites is 3. The fourth-order valence-corrected chi connectivity index (χ4v) is 8.73. The fourth-order valence-electron chi connectivity index (χ4n) is 3.41. The Kier molecular flexibility index (Phi) is 3.03. The zero-order chi connectivity index (χ0) is 17.5. The third-order valence-electron chi connectivity index (χ3n) is 4.35. The molecule has 1 fully saturated rings. The first-order chi connectivity index (χ1) is 11.7. The standard InChI is InChI=1S/C16H12Cl3O5P/c1-15-10-6-2-3-7-11(10)21-25(24-15,14(20-15)16(17,18)19)22-12-8-4-5-9-13(12)23-25/h2-9,14H,1H3. The molecule has 2 aromatic carbocycles. The van der Waals surface area contributed by atoms with Crippen molar-refractivity contribution in [1.29, 1.82) is 0 Å². The van der Waals surface area contributed by atoms with E-state index in [4.69, 9.17) is 57.6 Å². The normalized spacial score (nSPS) is 31.7. The van der Waals surface area contributed by atoms with Crippen molar-refractivity contribution in [3.05, 3.63) is 54.1 Å². The molecule has 1 saturated heterocycles.